The van der Waals surface area contributed by atoms with Crippen molar-refractivity contribution in [1.82, 2.24) is 15.0 Å². The van der Waals surface area contributed by atoms with E-state index < -0.39 is 0 Å². The second-order valence-corrected chi connectivity index (χ2v) is 28.5. The van der Waals surface area contributed by atoms with Crippen LogP contribution >= 0.6 is 22.7 Å². The van der Waals surface area contributed by atoms with Crippen LogP contribution in [0.4, 0.5) is 0 Å². The van der Waals surface area contributed by atoms with E-state index in [-0.39, 0.29) is 40.2 Å². The maximum atomic E-state index is 9.54. The Hall–Kier alpha value is -15.9. The van der Waals surface area contributed by atoms with Gasteiger partial charge < -0.3 is 50.7 Å². The molecule has 24 heteroatoms. The van der Waals surface area contributed by atoms with E-state index in [2.05, 4.69) is 214 Å². The van der Waals surface area contributed by atoms with Gasteiger partial charge in [0.25, 0.3) is 0 Å². The summed E-state index contributed by atoms with van der Waals surface area (Å²) in [6, 6.07) is 68.3. The quantitative estimate of drug-likeness (QED) is 0.0225. The van der Waals surface area contributed by atoms with Crippen molar-refractivity contribution in [3.63, 3.8) is 0 Å². The van der Waals surface area contributed by atoms with Crippen LogP contribution in [-0.4, -0.2) is 125 Å². The highest BCUT2D eigenvalue weighted by Crippen LogP contribution is 2.32. The highest BCUT2D eigenvalue weighted by atomic mass is 32.1. The number of hydrogen-bond donors (Lipinski definition) is 10. The van der Waals surface area contributed by atoms with Gasteiger partial charge in [0.15, 0.2) is 34.5 Å². The van der Waals surface area contributed by atoms with Crippen molar-refractivity contribution in [2.45, 2.75) is 26.2 Å². The number of thiophene rings is 2. The molecule has 120 heavy (non-hydrogen) atoms. The molecule has 0 atom stereocenters. The Labute approximate surface area is 698 Å². The van der Waals surface area contributed by atoms with Crippen molar-refractivity contribution in [3.05, 3.63) is 373 Å². The second kappa shape index (κ2) is 41.9. The number of nitrogens with zero attached hydrogens (tertiary/aromatic N) is 12. The number of phenols is 7. The van der Waals surface area contributed by atoms with E-state index in [0.717, 1.165) is 91.3 Å². The van der Waals surface area contributed by atoms with Crippen LogP contribution in [0.1, 0.15) is 89.9 Å². The van der Waals surface area contributed by atoms with Crippen molar-refractivity contribution >= 4 is 151 Å². The van der Waals surface area contributed by atoms with Gasteiger partial charge in [-0.25, -0.2) is 0 Å². The van der Waals surface area contributed by atoms with Crippen molar-refractivity contribution in [2.24, 2.45) is 61.2 Å². The first-order valence-electron chi connectivity index (χ1n) is 37.7. The summed E-state index contributed by atoms with van der Waals surface area (Å²) in [7, 11) is 0. The molecule has 10 N–H and O–H groups in total. The topological polar surface area (TPSA) is 337 Å². The number of hydrogen-bond acceptors (Lipinski definition) is 21. The van der Waals surface area contributed by atoms with E-state index in [0.29, 0.717) is 16.7 Å². The molecule has 5 aromatic heterocycles. The first kappa shape index (κ1) is 82.1. The van der Waals surface area contributed by atoms with E-state index in [1.807, 2.05) is 111 Å². The number of phenolic OH excluding ortho intramolecular Hbond substituents is 7. The molecule has 0 saturated carbocycles. The van der Waals surface area contributed by atoms with Gasteiger partial charge in [0.05, 0.1) is 74.6 Å². The summed E-state index contributed by atoms with van der Waals surface area (Å²) < 4.78 is 2.55. The zero-order valence-corrected chi connectivity index (χ0v) is 66.2. The Balaban J connectivity index is 0.000000125. The van der Waals surface area contributed by atoms with Gasteiger partial charge in [0, 0.05) is 106 Å². The number of aromatic hydroxyl groups is 7. The van der Waals surface area contributed by atoms with E-state index in [1.54, 1.807) is 96.2 Å². The average Bonchev–Trinajstić information content (AvgIpc) is 1.71. The number of fused-ring (bicyclic) bond motifs is 6. The molecule has 3 aliphatic carbocycles. The van der Waals surface area contributed by atoms with E-state index in [4.69, 9.17) is 5.11 Å². The summed E-state index contributed by atoms with van der Waals surface area (Å²) in [5.41, 5.74) is 19.0. The van der Waals surface area contributed by atoms with Crippen LogP contribution < -0.4 is 0 Å². The fraction of sp³-hybridized carbons (Fsp3) is 0.0417. The van der Waals surface area contributed by atoms with Gasteiger partial charge in [0.2, 0.25) is 0 Å². The summed E-state index contributed by atoms with van der Waals surface area (Å²) in [6.07, 6.45) is 43.2. The standard InChI is InChI=1S/2C19H15N3.C18H12N2S2.C15H14N2O3.C14H12N2O4.C11H11N3/c1-2-6-17-14(5-1)9-10-15(17)12-21-22-13-16-11-20-19-8-4-3-7-18(16)19;1-2-16-6-4-14(10-17(16)3-1)12-21-22-13-15-5-7-19-18(11-15)8-9-20-19;1-3-7-17-15(5-1)13(11-21-17)9-19-20-10-14-12-22-18-8-4-2-6-16(14)18;1-10-2-3-11(6-14(10)19)8-16-17-9-12-4-5-13(18)15(20)7-12;17-11-5-1-3-9(13(11)19)7-15-16-8-10-4-2-6-12(18)14(10)20;1-2-4-10(3-1)8-13-14-9-11-5-6-12-7-11/h1-8,10-13,20H,9H2;1,3-13,20H,2H2;1-12H;2-9,18-20H,1H3;1-8,17-20H;1,3-9,12H,2H2/b2*21-12+,22-13+;19-9+,20-10+;16-8+,17-9+;15-7+,16-8+;13-8+,14-9+. The third-order valence-corrected chi connectivity index (χ3v) is 20.4. The Morgan fingerprint density at radius 1 is 0.342 bits per heavy atom. The van der Waals surface area contributed by atoms with Crippen LogP contribution in [0.3, 0.4) is 0 Å². The molecular weight excluding hydrogens is 1540 g/mol. The van der Waals surface area contributed by atoms with Gasteiger partial charge in [-0.05, 0) is 190 Å². The van der Waals surface area contributed by atoms with Crippen LogP contribution in [0.2, 0.25) is 0 Å². The number of H-pyrrole nitrogens is 3. The summed E-state index contributed by atoms with van der Waals surface area (Å²) in [6.45, 7) is 1.81. The molecule has 0 bridgehead atoms. The largest absolute Gasteiger partial charge is 0.508 e. The van der Waals surface area contributed by atoms with Gasteiger partial charge in [-0.15, -0.1) is 22.7 Å². The fourth-order valence-corrected chi connectivity index (χ4v) is 13.9. The lowest BCUT2D eigenvalue weighted by atomic mass is 10.1. The molecule has 0 radical (unpaired) electrons. The number of para-hydroxylation sites is 3. The Kier molecular flexibility index (Phi) is 28.7. The van der Waals surface area contributed by atoms with Crippen molar-refractivity contribution in [3.8, 4) is 40.2 Å². The van der Waals surface area contributed by atoms with Gasteiger partial charge in [-0.3, -0.25) is 0 Å². The Morgan fingerprint density at radius 2 is 0.883 bits per heavy atom. The van der Waals surface area contributed by atoms with Gasteiger partial charge in [0.1, 0.15) is 5.75 Å². The van der Waals surface area contributed by atoms with Crippen LogP contribution in [0, 0.1) is 6.92 Å². The Bertz CT molecular complexity index is 6400. The predicted octanol–water partition coefficient (Wildman–Crippen LogP) is 20.8. The third-order valence-electron chi connectivity index (χ3n) is 18.5. The van der Waals surface area contributed by atoms with Crippen LogP contribution in [0.25, 0.3) is 53.6 Å². The van der Waals surface area contributed by atoms with Crippen LogP contribution in [-0.2, 0) is 12.8 Å². The molecule has 15 aromatic rings. The summed E-state index contributed by atoms with van der Waals surface area (Å²) >= 11 is 3.46. The number of benzene rings is 10. The molecule has 0 amide bonds. The van der Waals surface area contributed by atoms with E-state index in [1.165, 1.54) is 96.9 Å². The highest BCUT2D eigenvalue weighted by Gasteiger charge is 2.12. The smallest absolute Gasteiger partial charge is 0.166 e. The molecule has 0 saturated heterocycles. The molecule has 18 rings (SSSR count). The molecular formula is C96H79N15O7S2. The molecule has 5 heterocycles. The van der Waals surface area contributed by atoms with Gasteiger partial charge in [-0.2, -0.15) is 61.2 Å². The normalized spacial score (nSPS) is 13.0. The summed E-state index contributed by atoms with van der Waals surface area (Å²) in [4.78, 5) is 9.35. The molecule has 22 nitrogen and oxygen atoms in total. The number of nitrogens with one attached hydrogen (secondary N) is 3. The first-order chi connectivity index (χ1) is 58.8. The highest BCUT2D eigenvalue weighted by molar-refractivity contribution is 7.17. The zero-order chi connectivity index (χ0) is 83.0. The Morgan fingerprint density at radius 3 is 1.52 bits per heavy atom. The minimum Gasteiger partial charge on any atom is -0.508 e. The van der Waals surface area contributed by atoms with Gasteiger partial charge >= 0.3 is 0 Å². The number of aromatic amines is 3. The molecule has 0 fully saturated rings. The third kappa shape index (κ3) is 23.2. The monoisotopic (exact) mass is 1620 g/mol. The molecule has 3 aliphatic rings. The molecule has 0 spiro atoms. The van der Waals surface area contributed by atoms with Crippen LogP contribution in [0.15, 0.2) is 351 Å². The van der Waals surface area contributed by atoms with Gasteiger partial charge in [-0.1, -0.05) is 158 Å². The van der Waals surface area contributed by atoms with Crippen molar-refractivity contribution in [1.29, 1.82) is 0 Å². The predicted molar refractivity (Wildman–Crippen MR) is 495 cm³/mol. The molecule has 592 valence electrons. The summed E-state index contributed by atoms with van der Waals surface area (Å²) in [5, 5.41) is 123. The number of aryl methyl sites for hydroxylation is 1. The molecule has 10 aromatic carbocycles. The first-order valence-corrected chi connectivity index (χ1v) is 39.4. The van der Waals surface area contributed by atoms with Crippen molar-refractivity contribution < 1.29 is 35.7 Å². The second-order valence-electron chi connectivity index (χ2n) is 26.7. The molecule has 0 aliphatic heterocycles. The number of aromatic nitrogens is 3. The summed E-state index contributed by atoms with van der Waals surface area (Å²) in [5.74, 6) is -1.24. The average molecular weight is 1620 g/mol. The molecule has 0 unspecified atom stereocenters. The van der Waals surface area contributed by atoms with E-state index >= 15 is 0 Å². The number of allylic oxidation sites excluding steroid dienone is 7. The lowest BCUT2D eigenvalue weighted by molar-refractivity contribution is 0.403. The van der Waals surface area contributed by atoms with E-state index in [9.17, 15) is 30.6 Å². The maximum Gasteiger partial charge on any atom is 0.166 e. The lowest BCUT2D eigenvalue weighted by Crippen LogP contribution is -1.86. The minimum atomic E-state index is -0.286. The lowest BCUT2D eigenvalue weighted by Gasteiger charge is -2.00. The fourth-order valence-electron chi connectivity index (χ4n) is 12.1. The minimum absolute atomic E-state index is 0.180. The SMILES string of the molecule is C(=N\N=C\c1csc2ccccc12)/c1csc2ccccc12.C1=C(/C=N/N=C/c2c[nH]c3ccccc23)c2ccccc2C1.C1=CC(/C=N/N=C/c2cc[nH]c2)=CC1.C1=Cc2cc(/C=N/N=C/c3ccc4[nH]ccc4c3)ccc2C1.Cc1ccc(/C=N/N=C/c2ccc(O)c(O)c2)cc1O.Oc1cccc(/C=N/N=C/c2cccc(O)c2O)c1O. The zero-order valence-electron chi connectivity index (χ0n) is 64.6. The van der Waals surface area contributed by atoms with Crippen molar-refractivity contribution in [2.75, 3.05) is 0 Å². The van der Waals surface area contributed by atoms with Crippen LogP contribution in [0.5, 0.6) is 40.2 Å². The number of rotatable bonds is 18. The maximum absolute atomic E-state index is 9.54.